The van der Waals surface area contributed by atoms with Crippen LogP contribution >= 0.6 is 0 Å². The van der Waals surface area contributed by atoms with Crippen molar-refractivity contribution in [2.75, 3.05) is 0 Å². The average Bonchev–Trinajstić information content (AvgIpc) is 2.14. The lowest BCUT2D eigenvalue weighted by atomic mass is 10.1. The van der Waals surface area contributed by atoms with E-state index in [9.17, 15) is 26.7 Å². The van der Waals surface area contributed by atoms with E-state index in [-0.39, 0.29) is 0 Å². The zero-order valence-corrected chi connectivity index (χ0v) is 7.61. The molecule has 0 spiro atoms. The van der Waals surface area contributed by atoms with Crippen molar-refractivity contribution in [1.29, 1.82) is 0 Å². The van der Waals surface area contributed by atoms with Gasteiger partial charge in [-0.25, -0.2) is 8.78 Å². The first-order chi connectivity index (χ1) is 7.27. The van der Waals surface area contributed by atoms with Crippen molar-refractivity contribution in [3.8, 4) is 0 Å². The van der Waals surface area contributed by atoms with E-state index in [2.05, 4.69) is 0 Å². The summed E-state index contributed by atoms with van der Waals surface area (Å²) in [5, 5.41) is 8.57. The summed E-state index contributed by atoms with van der Waals surface area (Å²) < 4.78 is 61.5. The van der Waals surface area contributed by atoms with E-state index in [1.54, 1.807) is 4.98 Å². The number of aromatic amines is 1. The predicted octanol–water partition coefficient (Wildman–Crippen LogP) is 1.82. The topological polar surface area (TPSA) is 53.1 Å². The molecule has 0 aliphatic rings. The lowest BCUT2D eigenvalue weighted by Crippen LogP contribution is -2.25. The summed E-state index contributed by atoms with van der Waals surface area (Å²) in [4.78, 5) is 12.6. The Morgan fingerprint density at radius 2 is 1.94 bits per heavy atom. The maximum Gasteiger partial charge on any atom is 0.422 e. The van der Waals surface area contributed by atoms with Crippen LogP contribution in [-0.4, -0.2) is 10.1 Å². The lowest BCUT2D eigenvalue weighted by Gasteiger charge is -2.12. The van der Waals surface area contributed by atoms with Crippen LogP contribution in [0.3, 0.4) is 0 Å². The van der Waals surface area contributed by atoms with Crippen LogP contribution in [0.2, 0.25) is 0 Å². The third kappa shape index (κ3) is 2.38. The van der Waals surface area contributed by atoms with Crippen molar-refractivity contribution >= 4 is 0 Å². The fourth-order valence-electron chi connectivity index (χ4n) is 1.19. The van der Waals surface area contributed by atoms with Crippen molar-refractivity contribution < 1.29 is 27.1 Å². The summed E-state index contributed by atoms with van der Waals surface area (Å²) in [7, 11) is 0. The Morgan fingerprint density at radius 3 is 2.31 bits per heavy atom. The highest BCUT2D eigenvalue weighted by Crippen LogP contribution is 2.33. The smallest absolute Gasteiger partial charge is 0.390 e. The second-order valence-electron chi connectivity index (χ2n) is 2.91. The van der Waals surface area contributed by atoms with Gasteiger partial charge in [0.05, 0.1) is 6.61 Å². The highest BCUT2D eigenvalue weighted by Gasteiger charge is 2.39. The molecule has 1 aromatic heterocycles. The van der Waals surface area contributed by atoms with Gasteiger partial charge in [0.1, 0.15) is 5.56 Å². The van der Waals surface area contributed by atoms with Crippen LogP contribution in [-0.2, 0) is 12.8 Å². The van der Waals surface area contributed by atoms with Gasteiger partial charge in [0.2, 0.25) is 0 Å². The molecule has 0 radical (unpaired) electrons. The molecule has 0 aliphatic carbocycles. The zero-order chi connectivity index (χ0) is 12.5. The predicted molar refractivity (Wildman–Crippen MR) is 42.9 cm³/mol. The van der Waals surface area contributed by atoms with Crippen LogP contribution in [0.15, 0.2) is 10.9 Å². The fraction of sp³-hybridized carbons (Fsp3) is 0.375. The van der Waals surface area contributed by atoms with Gasteiger partial charge < -0.3 is 10.1 Å². The maximum atomic E-state index is 12.3. The number of aliphatic hydroxyl groups is 1. The van der Waals surface area contributed by atoms with Crippen LogP contribution in [0.25, 0.3) is 0 Å². The second-order valence-corrected chi connectivity index (χ2v) is 2.91. The van der Waals surface area contributed by atoms with E-state index in [1.807, 2.05) is 0 Å². The largest absolute Gasteiger partial charge is 0.422 e. The van der Waals surface area contributed by atoms with Crippen LogP contribution in [0.1, 0.15) is 23.2 Å². The molecule has 0 aliphatic heterocycles. The van der Waals surface area contributed by atoms with Crippen molar-refractivity contribution in [2.24, 2.45) is 0 Å². The molecule has 0 amide bonds. The maximum absolute atomic E-state index is 12.3. The molecule has 16 heavy (non-hydrogen) atoms. The molecule has 90 valence electrons. The van der Waals surface area contributed by atoms with Gasteiger partial charge in [-0.15, -0.1) is 0 Å². The van der Waals surface area contributed by atoms with E-state index in [4.69, 9.17) is 5.11 Å². The minimum absolute atomic E-state index is 0.395. The van der Waals surface area contributed by atoms with Crippen LogP contribution in [0.5, 0.6) is 0 Å². The van der Waals surface area contributed by atoms with Gasteiger partial charge in [-0.05, 0) is 6.07 Å². The normalized spacial score (nSPS) is 12.2. The molecule has 0 saturated carbocycles. The van der Waals surface area contributed by atoms with E-state index >= 15 is 0 Å². The quantitative estimate of drug-likeness (QED) is 0.778. The van der Waals surface area contributed by atoms with Gasteiger partial charge in [0.25, 0.3) is 12.0 Å². The molecule has 0 saturated heterocycles. The van der Waals surface area contributed by atoms with Crippen LogP contribution in [0, 0.1) is 0 Å². The number of H-pyrrole nitrogens is 1. The molecule has 3 nitrogen and oxygen atoms in total. The number of nitrogens with one attached hydrogen (secondary N) is 1. The highest BCUT2D eigenvalue weighted by atomic mass is 19.4. The zero-order valence-electron chi connectivity index (χ0n) is 7.61. The molecule has 1 aromatic rings. The summed E-state index contributed by atoms with van der Waals surface area (Å²) in [6.45, 7) is -0.826. The van der Waals surface area contributed by atoms with E-state index in [1.165, 1.54) is 0 Å². The van der Waals surface area contributed by atoms with Crippen molar-refractivity contribution in [3.05, 3.63) is 33.2 Å². The van der Waals surface area contributed by atoms with Gasteiger partial charge >= 0.3 is 6.18 Å². The Hall–Kier alpha value is -1.44. The summed E-state index contributed by atoms with van der Waals surface area (Å²) in [6.07, 6.45) is -8.60. The molecular weight excluding hydrogens is 237 g/mol. The summed E-state index contributed by atoms with van der Waals surface area (Å²) >= 11 is 0. The Kier molecular flexibility index (Phi) is 3.32. The molecule has 0 fully saturated rings. The Balaban J connectivity index is 3.53. The fourth-order valence-corrected chi connectivity index (χ4v) is 1.19. The number of rotatable bonds is 2. The Labute approximate surface area is 85.5 Å². The second kappa shape index (κ2) is 4.20. The molecule has 2 N–H and O–H groups in total. The Bertz CT molecular complexity index is 437. The minimum Gasteiger partial charge on any atom is -0.390 e. The molecule has 0 bridgehead atoms. The van der Waals surface area contributed by atoms with Crippen LogP contribution < -0.4 is 5.56 Å². The van der Waals surface area contributed by atoms with Crippen molar-refractivity contribution in [1.82, 2.24) is 4.98 Å². The lowest BCUT2D eigenvalue weighted by molar-refractivity contribution is -0.140. The highest BCUT2D eigenvalue weighted by molar-refractivity contribution is 5.30. The first kappa shape index (κ1) is 12.6. The molecule has 8 heteroatoms. The monoisotopic (exact) mass is 243 g/mol. The molecule has 1 heterocycles. The first-order valence-electron chi connectivity index (χ1n) is 3.99. The number of halogens is 5. The summed E-state index contributed by atoms with van der Waals surface area (Å²) in [5.41, 5.74) is -5.44. The molecular formula is C8H6F5NO2. The van der Waals surface area contributed by atoms with Crippen LogP contribution in [0.4, 0.5) is 22.0 Å². The average molecular weight is 243 g/mol. The van der Waals surface area contributed by atoms with Crippen molar-refractivity contribution in [2.45, 2.75) is 19.2 Å². The van der Waals surface area contributed by atoms with Crippen molar-refractivity contribution in [3.63, 3.8) is 0 Å². The number of aromatic nitrogens is 1. The molecule has 0 unspecified atom stereocenters. The molecule has 0 atom stereocenters. The van der Waals surface area contributed by atoms with Gasteiger partial charge in [-0.2, -0.15) is 13.2 Å². The number of hydrogen-bond acceptors (Lipinski definition) is 2. The number of alkyl halides is 5. The van der Waals surface area contributed by atoms with Gasteiger partial charge in [-0.3, -0.25) is 4.79 Å². The van der Waals surface area contributed by atoms with E-state index in [0.717, 1.165) is 0 Å². The molecule has 0 aromatic carbocycles. The summed E-state index contributed by atoms with van der Waals surface area (Å²) in [6, 6.07) is 0.425. The molecule has 1 rings (SSSR count). The summed E-state index contributed by atoms with van der Waals surface area (Å²) in [5.74, 6) is 0. The third-order valence-electron chi connectivity index (χ3n) is 1.81. The number of pyridine rings is 1. The minimum atomic E-state index is -5.16. The van der Waals surface area contributed by atoms with E-state index < -0.39 is 41.6 Å². The first-order valence-corrected chi connectivity index (χ1v) is 3.99. The van der Waals surface area contributed by atoms with Gasteiger partial charge in [0, 0.05) is 11.3 Å². The standard InChI is InChI=1S/C8H6F5NO2/c9-6(10)4-1-3(2-15)14-7(16)5(4)8(11,12)13/h1,6,15H,2H2,(H,14,16). The third-order valence-corrected chi connectivity index (χ3v) is 1.81. The Morgan fingerprint density at radius 1 is 1.38 bits per heavy atom. The number of hydrogen-bond donors (Lipinski definition) is 2. The SMILES string of the molecule is O=c1[nH]c(CO)cc(C(F)F)c1C(F)(F)F. The van der Waals surface area contributed by atoms with Gasteiger partial charge in [-0.1, -0.05) is 0 Å². The van der Waals surface area contributed by atoms with E-state index in [0.29, 0.717) is 6.07 Å². The van der Waals surface area contributed by atoms with Gasteiger partial charge in [0.15, 0.2) is 0 Å². The number of aliphatic hydroxyl groups excluding tert-OH is 1.